The molecule has 3 nitrogen and oxygen atoms in total. The normalized spacial score (nSPS) is 12.1. The molecule has 0 amide bonds. The maximum Gasteiger partial charge on any atom is 0.312 e. The number of nitrogens with zero attached hydrogens (tertiary/aromatic N) is 1. The van der Waals surface area contributed by atoms with Crippen LogP contribution in [0.15, 0.2) is 47.1 Å². The first-order chi connectivity index (χ1) is 9.09. The lowest BCUT2D eigenvalue weighted by molar-refractivity contribution is -0.138. The van der Waals surface area contributed by atoms with E-state index < -0.39 is 17.7 Å². The van der Waals surface area contributed by atoms with Crippen molar-refractivity contribution in [1.82, 2.24) is 4.98 Å². The van der Waals surface area contributed by atoms with Gasteiger partial charge in [-0.05, 0) is 46.1 Å². The fourth-order valence-electron chi connectivity index (χ4n) is 1.84. The Morgan fingerprint density at radius 2 is 2.05 bits per heavy atom. The SMILES string of the molecule is O=C(O)C(Cc1ccccc1F)c1ncccc1Br. The molecular formula is C14H11BrFNO2. The van der Waals surface area contributed by atoms with Crippen LogP contribution in [0.2, 0.25) is 0 Å². The van der Waals surface area contributed by atoms with Gasteiger partial charge in [0.05, 0.1) is 5.69 Å². The molecule has 0 fully saturated rings. The maximum atomic E-state index is 13.6. The van der Waals surface area contributed by atoms with Gasteiger partial charge in [-0.15, -0.1) is 0 Å². The van der Waals surface area contributed by atoms with Crippen LogP contribution in [0.25, 0.3) is 0 Å². The number of rotatable bonds is 4. The first-order valence-corrected chi connectivity index (χ1v) is 6.45. The van der Waals surface area contributed by atoms with E-state index in [0.29, 0.717) is 15.7 Å². The summed E-state index contributed by atoms with van der Waals surface area (Å²) in [5, 5.41) is 9.32. The van der Waals surface area contributed by atoms with Gasteiger partial charge in [-0.25, -0.2) is 4.39 Å². The highest BCUT2D eigenvalue weighted by atomic mass is 79.9. The van der Waals surface area contributed by atoms with Crippen LogP contribution in [0.1, 0.15) is 17.2 Å². The lowest BCUT2D eigenvalue weighted by atomic mass is 9.95. The average Bonchev–Trinajstić information content (AvgIpc) is 2.38. The third-order valence-electron chi connectivity index (χ3n) is 2.80. The van der Waals surface area contributed by atoms with E-state index in [1.807, 2.05) is 0 Å². The third kappa shape index (κ3) is 3.17. The highest BCUT2D eigenvalue weighted by molar-refractivity contribution is 9.10. The number of pyridine rings is 1. The zero-order valence-electron chi connectivity index (χ0n) is 9.88. The van der Waals surface area contributed by atoms with E-state index in [1.54, 1.807) is 30.3 Å². The van der Waals surface area contributed by atoms with E-state index in [-0.39, 0.29) is 6.42 Å². The molecule has 0 radical (unpaired) electrons. The summed E-state index contributed by atoms with van der Waals surface area (Å²) < 4.78 is 14.2. The van der Waals surface area contributed by atoms with Crippen molar-refractivity contribution in [3.63, 3.8) is 0 Å². The Kier molecular flexibility index (Phi) is 4.27. The highest BCUT2D eigenvalue weighted by Gasteiger charge is 2.24. The van der Waals surface area contributed by atoms with Gasteiger partial charge < -0.3 is 5.11 Å². The van der Waals surface area contributed by atoms with Crippen LogP contribution < -0.4 is 0 Å². The van der Waals surface area contributed by atoms with Gasteiger partial charge >= 0.3 is 5.97 Å². The minimum absolute atomic E-state index is 0.0671. The number of carboxylic acids is 1. The number of carbonyl (C=O) groups is 1. The summed E-state index contributed by atoms with van der Waals surface area (Å²) in [6, 6.07) is 9.59. The van der Waals surface area contributed by atoms with E-state index in [9.17, 15) is 14.3 Å². The molecule has 98 valence electrons. The maximum absolute atomic E-state index is 13.6. The largest absolute Gasteiger partial charge is 0.481 e. The zero-order valence-corrected chi connectivity index (χ0v) is 11.5. The number of carboxylic acid groups (broad SMARTS) is 1. The second kappa shape index (κ2) is 5.93. The zero-order chi connectivity index (χ0) is 13.8. The quantitative estimate of drug-likeness (QED) is 0.938. The molecule has 2 aromatic rings. The molecule has 1 atom stereocenters. The van der Waals surface area contributed by atoms with Crippen molar-refractivity contribution in [1.29, 1.82) is 0 Å². The number of halogens is 2. The molecule has 1 aromatic carbocycles. The summed E-state index contributed by atoms with van der Waals surface area (Å²) in [7, 11) is 0. The second-order valence-corrected chi connectivity index (χ2v) is 4.91. The summed E-state index contributed by atoms with van der Waals surface area (Å²) in [5.41, 5.74) is 0.769. The summed E-state index contributed by atoms with van der Waals surface area (Å²) >= 11 is 3.28. The molecule has 0 aliphatic heterocycles. The fourth-order valence-corrected chi connectivity index (χ4v) is 2.37. The molecule has 1 heterocycles. The molecular weight excluding hydrogens is 313 g/mol. The average molecular weight is 324 g/mol. The molecule has 0 aliphatic rings. The van der Waals surface area contributed by atoms with E-state index in [1.165, 1.54) is 12.3 Å². The van der Waals surface area contributed by atoms with E-state index in [2.05, 4.69) is 20.9 Å². The van der Waals surface area contributed by atoms with Crippen molar-refractivity contribution in [2.75, 3.05) is 0 Å². The Hall–Kier alpha value is -1.75. The monoisotopic (exact) mass is 323 g/mol. The summed E-state index contributed by atoms with van der Waals surface area (Å²) in [6.45, 7) is 0. The Morgan fingerprint density at radius 3 is 2.68 bits per heavy atom. The van der Waals surface area contributed by atoms with Crippen molar-refractivity contribution in [2.24, 2.45) is 0 Å². The summed E-state index contributed by atoms with van der Waals surface area (Å²) in [6.07, 6.45) is 1.59. The molecule has 0 saturated heterocycles. The van der Waals surface area contributed by atoms with Crippen molar-refractivity contribution in [2.45, 2.75) is 12.3 Å². The molecule has 1 unspecified atom stereocenters. The van der Waals surface area contributed by atoms with Crippen LogP contribution >= 0.6 is 15.9 Å². The van der Waals surface area contributed by atoms with Crippen LogP contribution in [-0.4, -0.2) is 16.1 Å². The van der Waals surface area contributed by atoms with Crippen LogP contribution in [-0.2, 0) is 11.2 Å². The van der Waals surface area contributed by atoms with Crippen LogP contribution in [0.3, 0.4) is 0 Å². The molecule has 0 saturated carbocycles. The van der Waals surface area contributed by atoms with Crippen LogP contribution in [0.4, 0.5) is 4.39 Å². The Morgan fingerprint density at radius 1 is 1.32 bits per heavy atom. The predicted octanol–water partition coefficient (Wildman–Crippen LogP) is 3.39. The topological polar surface area (TPSA) is 50.2 Å². The Labute approximate surface area is 118 Å². The first kappa shape index (κ1) is 13.7. The molecule has 5 heteroatoms. The smallest absolute Gasteiger partial charge is 0.312 e. The number of aromatic nitrogens is 1. The highest BCUT2D eigenvalue weighted by Crippen LogP contribution is 2.26. The van der Waals surface area contributed by atoms with Gasteiger partial charge in [0.2, 0.25) is 0 Å². The Bertz CT molecular complexity index is 604. The lowest BCUT2D eigenvalue weighted by Crippen LogP contribution is -2.17. The lowest BCUT2D eigenvalue weighted by Gasteiger charge is -2.13. The summed E-state index contributed by atoms with van der Waals surface area (Å²) in [4.78, 5) is 15.5. The van der Waals surface area contributed by atoms with Gasteiger partial charge in [0, 0.05) is 10.7 Å². The van der Waals surface area contributed by atoms with Gasteiger partial charge in [-0.3, -0.25) is 9.78 Å². The Balaban J connectivity index is 2.35. The molecule has 2 rings (SSSR count). The molecule has 0 bridgehead atoms. The molecule has 1 N–H and O–H groups in total. The van der Waals surface area contributed by atoms with E-state index in [0.717, 1.165) is 0 Å². The van der Waals surface area contributed by atoms with Gasteiger partial charge in [-0.2, -0.15) is 0 Å². The predicted molar refractivity (Wildman–Crippen MR) is 72.4 cm³/mol. The van der Waals surface area contributed by atoms with Gasteiger partial charge in [0.1, 0.15) is 11.7 Å². The van der Waals surface area contributed by atoms with E-state index >= 15 is 0 Å². The third-order valence-corrected chi connectivity index (χ3v) is 3.47. The number of aliphatic carboxylic acids is 1. The van der Waals surface area contributed by atoms with Crippen molar-refractivity contribution >= 4 is 21.9 Å². The first-order valence-electron chi connectivity index (χ1n) is 5.66. The second-order valence-electron chi connectivity index (χ2n) is 4.06. The van der Waals surface area contributed by atoms with Crippen LogP contribution in [0.5, 0.6) is 0 Å². The van der Waals surface area contributed by atoms with E-state index in [4.69, 9.17) is 0 Å². The van der Waals surface area contributed by atoms with Gasteiger partial charge in [-0.1, -0.05) is 18.2 Å². The van der Waals surface area contributed by atoms with Gasteiger partial charge in [0.15, 0.2) is 0 Å². The number of benzene rings is 1. The molecule has 0 spiro atoms. The molecule has 0 aliphatic carbocycles. The standard InChI is InChI=1S/C14H11BrFNO2/c15-11-5-3-7-17-13(11)10(14(18)19)8-9-4-1-2-6-12(9)16/h1-7,10H,8H2,(H,18,19). The fraction of sp³-hybridized carbons (Fsp3) is 0.143. The number of hydrogen-bond acceptors (Lipinski definition) is 2. The van der Waals surface area contributed by atoms with Crippen molar-refractivity contribution in [3.8, 4) is 0 Å². The number of hydrogen-bond donors (Lipinski definition) is 1. The van der Waals surface area contributed by atoms with Crippen molar-refractivity contribution < 1.29 is 14.3 Å². The molecule has 1 aromatic heterocycles. The summed E-state index contributed by atoms with van der Waals surface area (Å²) in [5.74, 6) is -2.31. The molecule has 19 heavy (non-hydrogen) atoms. The minimum Gasteiger partial charge on any atom is -0.481 e. The van der Waals surface area contributed by atoms with Gasteiger partial charge in [0.25, 0.3) is 0 Å². The van der Waals surface area contributed by atoms with Crippen LogP contribution in [0, 0.1) is 5.82 Å². The minimum atomic E-state index is -1.03. The van der Waals surface area contributed by atoms with Crippen molar-refractivity contribution in [3.05, 3.63) is 64.1 Å².